The molecule has 0 fully saturated rings. The molecule has 0 aliphatic carbocycles. The van der Waals surface area contributed by atoms with E-state index in [9.17, 15) is 4.39 Å². The molecule has 114 valence electrons. The van der Waals surface area contributed by atoms with Gasteiger partial charge in [0.1, 0.15) is 0 Å². The highest BCUT2D eigenvalue weighted by Crippen LogP contribution is 2.24. The van der Waals surface area contributed by atoms with E-state index in [4.69, 9.17) is 9.47 Å². The third kappa shape index (κ3) is 5.47. The Morgan fingerprint density at radius 2 is 2.10 bits per heavy atom. The maximum Gasteiger partial charge on any atom is 0.165 e. The van der Waals surface area contributed by atoms with E-state index in [-0.39, 0.29) is 17.6 Å². The van der Waals surface area contributed by atoms with Crippen molar-refractivity contribution >= 4 is 0 Å². The van der Waals surface area contributed by atoms with Gasteiger partial charge in [0.25, 0.3) is 0 Å². The maximum absolute atomic E-state index is 13.8. The highest BCUT2D eigenvalue weighted by Gasteiger charge is 2.13. The van der Waals surface area contributed by atoms with Crippen LogP contribution in [0.4, 0.5) is 4.39 Å². The number of halogens is 1. The molecular weight excluding hydrogens is 257 g/mol. The average molecular weight is 283 g/mol. The summed E-state index contributed by atoms with van der Waals surface area (Å²) in [5, 5.41) is 3.46. The van der Waals surface area contributed by atoms with Gasteiger partial charge < -0.3 is 14.8 Å². The SMILES string of the molecule is CCCNC(CCCOCC)c1ccc(OC)c(F)c1. The van der Waals surface area contributed by atoms with Crippen molar-refractivity contribution in [2.75, 3.05) is 26.9 Å². The first-order valence-electron chi connectivity index (χ1n) is 7.37. The van der Waals surface area contributed by atoms with Gasteiger partial charge in [-0.3, -0.25) is 0 Å². The summed E-state index contributed by atoms with van der Waals surface area (Å²) >= 11 is 0. The van der Waals surface area contributed by atoms with Crippen LogP contribution in [0.25, 0.3) is 0 Å². The molecule has 1 N–H and O–H groups in total. The zero-order valence-electron chi connectivity index (χ0n) is 12.7. The van der Waals surface area contributed by atoms with Gasteiger partial charge in [-0.05, 0) is 50.4 Å². The standard InChI is InChI=1S/C16H26FNO2/c1-4-10-18-15(7-6-11-20-5-2)13-8-9-16(19-3)14(17)12-13/h8-9,12,15,18H,4-7,10-11H2,1-3H3. The van der Waals surface area contributed by atoms with Crippen LogP contribution in [-0.2, 0) is 4.74 Å². The molecule has 0 radical (unpaired) electrons. The number of methoxy groups -OCH3 is 1. The molecule has 20 heavy (non-hydrogen) atoms. The number of hydrogen-bond acceptors (Lipinski definition) is 3. The third-order valence-electron chi connectivity index (χ3n) is 3.20. The van der Waals surface area contributed by atoms with E-state index in [1.165, 1.54) is 7.11 Å². The van der Waals surface area contributed by atoms with Gasteiger partial charge in [0.15, 0.2) is 11.6 Å². The predicted octanol–water partition coefficient (Wildman–Crippen LogP) is 3.69. The summed E-state index contributed by atoms with van der Waals surface area (Å²) in [6.45, 7) is 6.53. The largest absolute Gasteiger partial charge is 0.494 e. The topological polar surface area (TPSA) is 30.5 Å². The lowest BCUT2D eigenvalue weighted by molar-refractivity contribution is 0.141. The number of ether oxygens (including phenoxy) is 2. The van der Waals surface area contributed by atoms with Crippen LogP contribution in [0.5, 0.6) is 5.75 Å². The molecule has 1 unspecified atom stereocenters. The van der Waals surface area contributed by atoms with Gasteiger partial charge in [-0.2, -0.15) is 0 Å². The molecule has 3 nitrogen and oxygen atoms in total. The van der Waals surface area contributed by atoms with Crippen molar-refractivity contribution in [1.29, 1.82) is 0 Å². The highest BCUT2D eigenvalue weighted by atomic mass is 19.1. The van der Waals surface area contributed by atoms with Gasteiger partial charge in [-0.25, -0.2) is 4.39 Å². The summed E-state index contributed by atoms with van der Waals surface area (Å²) in [7, 11) is 1.48. The summed E-state index contributed by atoms with van der Waals surface area (Å²) < 4.78 is 24.1. The van der Waals surface area contributed by atoms with E-state index in [0.717, 1.165) is 44.6 Å². The molecule has 0 aliphatic heterocycles. The summed E-state index contributed by atoms with van der Waals surface area (Å²) in [6.07, 6.45) is 2.95. The van der Waals surface area contributed by atoms with Crippen LogP contribution in [0.15, 0.2) is 18.2 Å². The van der Waals surface area contributed by atoms with Crippen molar-refractivity contribution in [2.24, 2.45) is 0 Å². The van der Waals surface area contributed by atoms with Crippen molar-refractivity contribution in [3.8, 4) is 5.75 Å². The van der Waals surface area contributed by atoms with Crippen molar-refractivity contribution in [2.45, 2.75) is 39.2 Å². The fraction of sp³-hybridized carbons (Fsp3) is 0.625. The molecule has 0 saturated heterocycles. The Labute approximate surface area is 121 Å². The summed E-state index contributed by atoms with van der Waals surface area (Å²) in [5.74, 6) is -0.0181. The second-order valence-corrected chi connectivity index (χ2v) is 4.74. The quantitative estimate of drug-likeness (QED) is 0.664. The molecule has 1 aromatic rings. The van der Waals surface area contributed by atoms with E-state index in [1.54, 1.807) is 12.1 Å². The molecule has 0 saturated carbocycles. The molecule has 0 spiro atoms. The number of benzene rings is 1. The summed E-state index contributed by atoms with van der Waals surface area (Å²) in [4.78, 5) is 0. The first-order valence-corrected chi connectivity index (χ1v) is 7.37. The molecule has 0 aromatic heterocycles. The minimum atomic E-state index is -0.307. The van der Waals surface area contributed by atoms with Gasteiger partial charge >= 0.3 is 0 Å². The van der Waals surface area contributed by atoms with Crippen LogP contribution in [0, 0.1) is 5.82 Å². The van der Waals surface area contributed by atoms with E-state index in [1.807, 2.05) is 13.0 Å². The van der Waals surface area contributed by atoms with E-state index in [0.29, 0.717) is 0 Å². The fourth-order valence-corrected chi connectivity index (χ4v) is 2.14. The number of nitrogens with one attached hydrogen (secondary N) is 1. The lowest BCUT2D eigenvalue weighted by Crippen LogP contribution is -2.22. The van der Waals surface area contributed by atoms with Crippen LogP contribution in [-0.4, -0.2) is 26.9 Å². The molecule has 1 atom stereocenters. The van der Waals surface area contributed by atoms with Crippen LogP contribution < -0.4 is 10.1 Å². The normalized spacial score (nSPS) is 12.4. The Balaban J connectivity index is 2.68. The lowest BCUT2D eigenvalue weighted by Gasteiger charge is -2.19. The predicted molar refractivity (Wildman–Crippen MR) is 79.7 cm³/mol. The minimum absolute atomic E-state index is 0.163. The van der Waals surface area contributed by atoms with Crippen molar-refractivity contribution in [3.05, 3.63) is 29.6 Å². The van der Waals surface area contributed by atoms with Crippen LogP contribution >= 0.6 is 0 Å². The molecule has 0 amide bonds. The molecule has 4 heteroatoms. The Hall–Kier alpha value is -1.13. The van der Waals surface area contributed by atoms with Gasteiger partial charge in [0.2, 0.25) is 0 Å². The lowest BCUT2D eigenvalue weighted by atomic mass is 10.0. The van der Waals surface area contributed by atoms with Gasteiger partial charge in [-0.15, -0.1) is 0 Å². The van der Waals surface area contributed by atoms with Crippen LogP contribution in [0.1, 0.15) is 44.7 Å². The highest BCUT2D eigenvalue weighted by molar-refractivity contribution is 5.31. The molecule has 1 rings (SSSR count). The van der Waals surface area contributed by atoms with Gasteiger partial charge in [0.05, 0.1) is 7.11 Å². The van der Waals surface area contributed by atoms with Gasteiger partial charge in [-0.1, -0.05) is 13.0 Å². The molecule has 0 aliphatic rings. The Bertz CT molecular complexity index is 385. The zero-order valence-corrected chi connectivity index (χ0v) is 12.7. The molecular formula is C16H26FNO2. The Kier molecular flexibility index (Phi) is 8.23. The van der Waals surface area contributed by atoms with Crippen molar-refractivity contribution in [3.63, 3.8) is 0 Å². The maximum atomic E-state index is 13.8. The summed E-state index contributed by atoms with van der Waals surface area (Å²) in [6, 6.07) is 5.34. The first-order chi connectivity index (χ1) is 9.72. The van der Waals surface area contributed by atoms with E-state index < -0.39 is 0 Å². The smallest absolute Gasteiger partial charge is 0.165 e. The van der Waals surface area contributed by atoms with Crippen molar-refractivity contribution < 1.29 is 13.9 Å². The second kappa shape index (κ2) is 9.72. The summed E-state index contributed by atoms with van der Waals surface area (Å²) in [5.41, 5.74) is 0.966. The van der Waals surface area contributed by atoms with E-state index in [2.05, 4.69) is 12.2 Å². The van der Waals surface area contributed by atoms with Crippen LogP contribution in [0.2, 0.25) is 0 Å². The third-order valence-corrected chi connectivity index (χ3v) is 3.20. The molecule has 0 heterocycles. The first kappa shape index (κ1) is 16.9. The fourth-order valence-electron chi connectivity index (χ4n) is 2.14. The molecule has 1 aromatic carbocycles. The zero-order chi connectivity index (χ0) is 14.8. The van der Waals surface area contributed by atoms with Crippen LogP contribution in [0.3, 0.4) is 0 Å². The number of hydrogen-bond donors (Lipinski definition) is 1. The second-order valence-electron chi connectivity index (χ2n) is 4.74. The monoisotopic (exact) mass is 283 g/mol. The van der Waals surface area contributed by atoms with Crippen molar-refractivity contribution in [1.82, 2.24) is 5.32 Å². The Morgan fingerprint density at radius 1 is 1.30 bits per heavy atom. The number of rotatable bonds is 10. The van der Waals surface area contributed by atoms with E-state index >= 15 is 0 Å². The average Bonchev–Trinajstić information content (AvgIpc) is 2.46. The van der Waals surface area contributed by atoms with Gasteiger partial charge in [0, 0.05) is 19.3 Å². The molecule has 0 bridgehead atoms. The minimum Gasteiger partial charge on any atom is -0.494 e. The Morgan fingerprint density at radius 3 is 2.70 bits per heavy atom.